The van der Waals surface area contributed by atoms with Crippen molar-refractivity contribution in [2.24, 2.45) is 0 Å². The van der Waals surface area contributed by atoms with Crippen LogP contribution in [0.5, 0.6) is 0 Å². The maximum atomic E-state index is 2.47. The summed E-state index contributed by atoms with van der Waals surface area (Å²) in [5.74, 6) is 0. The Hall–Kier alpha value is -7.62. The van der Waals surface area contributed by atoms with Crippen LogP contribution in [0.25, 0.3) is 115 Å². The summed E-state index contributed by atoms with van der Waals surface area (Å²) in [7, 11) is 0. The molecule has 0 radical (unpaired) electrons. The molecule has 0 aliphatic heterocycles. The van der Waals surface area contributed by atoms with E-state index in [1.165, 1.54) is 97.7 Å². The van der Waals surface area contributed by atoms with Crippen LogP contribution in [0.4, 0.5) is 0 Å². The molecule has 0 aliphatic carbocycles. The maximum Gasteiger partial charge on any atom is 0.0542 e. The average molecular weight is 724 g/mol. The van der Waals surface area contributed by atoms with Gasteiger partial charge >= 0.3 is 0 Å². The zero-order valence-corrected chi connectivity index (χ0v) is 30.9. The molecule has 0 fully saturated rings. The fraction of sp³-hybridized carbons (Fsp3) is 0. The van der Waals surface area contributed by atoms with Crippen LogP contribution < -0.4 is 0 Å². The quantitative estimate of drug-likeness (QED) is 0.161. The van der Waals surface area contributed by atoms with Gasteiger partial charge < -0.3 is 13.7 Å². The summed E-state index contributed by atoms with van der Waals surface area (Å²) in [4.78, 5) is 0. The Morgan fingerprint density at radius 2 is 0.421 bits per heavy atom. The van der Waals surface area contributed by atoms with Gasteiger partial charge in [0.25, 0.3) is 0 Å². The molecule has 0 unspecified atom stereocenters. The van der Waals surface area contributed by atoms with E-state index in [4.69, 9.17) is 0 Å². The first-order valence-electron chi connectivity index (χ1n) is 19.7. The molecule has 10 aromatic carbocycles. The van der Waals surface area contributed by atoms with Crippen molar-refractivity contribution in [3.8, 4) is 17.1 Å². The molecule has 0 amide bonds. The molecule has 57 heavy (non-hydrogen) atoms. The van der Waals surface area contributed by atoms with Gasteiger partial charge in [0, 0.05) is 49.4 Å². The van der Waals surface area contributed by atoms with Gasteiger partial charge in [-0.1, -0.05) is 127 Å². The zero-order chi connectivity index (χ0) is 37.2. The molecule has 13 aromatic rings. The van der Waals surface area contributed by atoms with Gasteiger partial charge in [-0.25, -0.2) is 0 Å². The number of aromatic nitrogens is 3. The minimum absolute atomic E-state index is 1.15. The van der Waals surface area contributed by atoms with Crippen molar-refractivity contribution < 1.29 is 0 Å². The predicted octanol–water partition coefficient (Wildman–Crippen LogP) is 14.4. The van der Waals surface area contributed by atoms with E-state index < -0.39 is 0 Å². The molecule has 3 nitrogen and oxygen atoms in total. The van der Waals surface area contributed by atoms with E-state index in [0.29, 0.717) is 0 Å². The van der Waals surface area contributed by atoms with E-state index in [0.717, 1.165) is 17.1 Å². The van der Waals surface area contributed by atoms with Crippen LogP contribution in [0.15, 0.2) is 200 Å². The molecule has 0 spiro atoms. The molecule has 3 heteroatoms. The van der Waals surface area contributed by atoms with Crippen molar-refractivity contribution in [3.05, 3.63) is 200 Å². The third-order valence-electron chi connectivity index (χ3n) is 12.4. The van der Waals surface area contributed by atoms with E-state index in [-0.39, 0.29) is 0 Å². The van der Waals surface area contributed by atoms with E-state index in [2.05, 4.69) is 214 Å². The Bertz CT molecular complexity index is 3500. The summed E-state index contributed by atoms with van der Waals surface area (Å²) in [5.41, 5.74) is 10.6. The monoisotopic (exact) mass is 723 g/mol. The van der Waals surface area contributed by atoms with Gasteiger partial charge in [0.15, 0.2) is 0 Å². The van der Waals surface area contributed by atoms with E-state index in [9.17, 15) is 0 Å². The first-order chi connectivity index (χ1) is 28.3. The highest BCUT2D eigenvalue weighted by Crippen LogP contribution is 2.41. The topological polar surface area (TPSA) is 14.8 Å². The Morgan fingerprint density at radius 1 is 0.175 bits per heavy atom. The van der Waals surface area contributed by atoms with Gasteiger partial charge in [-0.3, -0.25) is 0 Å². The van der Waals surface area contributed by atoms with Crippen molar-refractivity contribution in [1.29, 1.82) is 0 Å². The van der Waals surface area contributed by atoms with Gasteiger partial charge in [0.05, 0.1) is 33.1 Å². The Kier molecular flexibility index (Phi) is 6.16. The highest BCUT2D eigenvalue weighted by atomic mass is 15.0. The van der Waals surface area contributed by atoms with Gasteiger partial charge in [0.2, 0.25) is 0 Å². The van der Waals surface area contributed by atoms with Crippen LogP contribution >= 0.6 is 0 Å². The summed E-state index contributed by atoms with van der Waals surface area (Å²) >= 11 is 0. The second-order valence-corrected chi connectivity index (χ2v) is 15.3. The van der Waals surface area contributed by atoms with Gasteiger partial charge in [-0.15, -0.1) is 0 Å². The number of hydrogen-bond donors (Lipinski definition) is 0. The van der Waals surface area contributed by atoms with Crippen LogP contribution in [0, 0.1) is 0 Å². The largest absolute Gasteiger partial charge is 0.309 e. The normalized spacial score (nSPS) is 12.2. The summed E-state index contributed by atoms with van der Waals surface area (Å²) < 4.78 is 7.33. The van der Waals surface area contributed by atoms with Crippen LogP contribution in [-0.4, -0.2) is 13.7 Å². The molecular formula is C54H33N3. The predicted molar refractivity (Wildman–Crippen MR) is 242 cm³/mol. The minimum atomic E-state index is 1.15. The third kappa shape index (κ3) is 4.20. The van der Waals surface area contributed by atoms with E-state index in [1.54, 1.807) is 0 Å². The smallest absolute Gasteiger partial charge is 0.0542 e. The van der Waals surface area contributed by atoms with E-state index >= 15 is 0 Å². The van der Waals surface area contributed by atoms with Crippen molar-refractivity contribution in [1.82, 2.24) is 13.7 Å². The van der Waals surface area contributed by atoms with E-state index in [1.807, 2.05) is 0 Å². The molecule has 0 N–H and O–H groups in total. The summed E-state index contributed by atoms with van der Waals surface area (Å²) in [6, 6.07) is 73.9. The summed E-state index contributed by atoms with van der Waals surface area (Å²) in [5, 5.41) is 15.2. The average Bonchev–Trinajstić information content (AvgIpc) is 3.91. The van der Waals surface area contributed by atoms with Gasteiger partial charge in [0.1, 0.15) is 0 Å². The van der Waals surface area contributed by atoms with Crippen LogP contribution in [0.3, 0.4) is 0 Å². The van der Waals surface area contributed by atoms with Crippen molar-refractivity contribution >= 4 is 97.7 Å². The van der Waals surface area contributed by atoms with Crippen LogP contribution in [-0.2, 0) is 0 Å². The van der Waals surface area contributed by atoms with Crippen LogP contribution in [0.1, 0.15) is 0 Å². The van der Waals surface area contributed by atoms with Crippen molar-refractivity contribution in [2.75, 3.05) is 0 Å². The first kappa shape index (κ1) is 30.7. The standard InChI is InChI=1S/C54H33N3/c1-2-15-39-37(13-1)38-14-3-4-16-40(38)46-31-34(25-28-41(39)46)57-53-29-26-35(55-49-21-9-5-17-42(49)43-18-6-10-22-50(43)55)32-47(53)48-33-36(27-30-54(48)57)56-51-23-11-7-19-44(51)45-20-8-12-24-52(45)56/h1-33H. The number of nitrogens with zero attached hydrogens (tertiary/aromatic N) is 3. The maximum absolute atomic E-state index is 2.47. The van der Waals surface area contributed by atoms with Crippen LogP contribution in [0.2, 0.25) is 0 Å². The molecule has 3 aromatic heterocycles. The first-order valence-corrected chi connectivity index (χ1v) is 19.7. The summed E-state index contributed by atoms with van der Waals surface area (Å²) in [6.07, 6.45) is 0. The van der Waals surface area contributed by atoms with Crippen molar-refractivity contribution in [3.63, 3.8) is 0 Å². The highest BCUT2D eigenvalue weighted by Gasteiger charge is 2.19. The SMILES string of the molecule is c1ccc2c(c1)c1ccccc1c1cc(-n3c4ccc(-n5c6ccccc6c6ccccc65)cc4c4cc(-n5c6ccccc6c6ccccc65)ccc43)ccc21. The second kappa shape index (κ2) is 11.5. The molecule has 0 saturated heterocycles. The highest BCUT2D eigenvalue weighted by molar-refractivity contribution is 6.26. The Balaban J connectivity index is 1.13. The molecule has 264 valence electrons. The Labute approximate surface area is 327 Å². The fourth-order valence-corrected chi connectivity index (χ4v) is 9.99. The lowest BCUT2D eigenvalue weighted by Crippen LogP contribution is -1.97. The second-order valence-electron chi connectivity index (χ2n) is 15.3. The molecular weight excluding hydrogens is 691 g/mol. The number of rotatable bonds is 3. The molecule has 13 rings (SSSR count). The summed E-state index contributed by atoms with van der Waals surface area (Å²) in [6.45, 7) is 0. The molecule has 3 heterocycles. The minimum Gasteiger partial charge on any atom is -0.309 e. The number of benzene rings is 10. The van der Waals surface area contributed by atoms with Gasteiger partial charge in [-0.05, 0) is 105 Å². The lowest BCUT2D eigenvalue weighted by Gasteiger charge is -2.14. The lowest BCUT2D eigenvalue weighted by atomic mass is 9.94. The molecule has 0 bridgehead atoms. The number of para-hydroxylation sites is 4. The number of fused-ring (bicyclic) bond motifs is 15. The van der Waals surface area contributed by atoms with Crippen molar-refractivity contribution in [2.45, 2.75) is 0 Å². The molecule has 0 aliphatic rings. The lowest BCUT2D eigenvalue weighted by molar-refractivity contribution is 1.16. The zero-order valence-electron chi connectivity index (χ0n) is 30.9. The number of hydrogen-bond acceptors (Lipinski definition) is 0. The fourth-order valence-electron chi connectivity index (χ4n) is 9.99. The molecule has 0 saturated carbocycles. The Morgan fingerprint density at radius 3 is 0.789 bits per heavy atom. The van der Waals surface area contributed by atoms with Gasteiger partial charge in [-0.2, -0.15) is 0 Å². The third-order valence-corrected chi connectivity index (χ3v) is 12.4. The molecule has 0 atom stereocenters.